The van der Waals surface area contributed by atoms with E-state index in [1.807, 2.05) is 20.8 Å². The van der Waals surface area contributed by atoms with Gasteiger partial charge in [-0.15, -0.1) is 12.4 Å². The molecular formula is C16H24ClN3O3S. The van der Waals surface area contributed by atoms with Crippen molar-refractivity contribution in [2.45, 2.75) is 37.6 Å². The van der Waals surface area contributed by atoms with Crippen molar-refractivity contribution in [3.05, 3.63) is 36.5 Å². The van der Waals surface area contributed by atoms with Crippen molar-refractivity contribution in [2.75, 3.05) is 6.54 Å². The summed E-state index contributed by atoms with van der Waals surface area (Å²) in [5.74, 6) is 0.722. The zero-order valence-corrected chi connectivity index (χ0v) is 15.7. The monoisotopic (exact) mass is 373 g/mol. The fraction of sp³-hybridized carbons (Fsp3) is 0.438. The van der Waals surface area contributed by atoms with E-state index in [0.717, 1.165) is 0 Å². The minimum atomic E-state index is -3.75. The molecule has 1 heterocycles. The average molecular weight is 374 g/mol. The first-order valence-electron chi connectivity index (χ1n) is 7.51. The highest BCUT2D eigenvalue weighted by Gasteiger charge is 2.31. The van der Waals surface area contributed by atoms with Gasteiger partial charge in [0.25, 0.3) is 0 Å². The Bertz CT molecular complexity index is 748. The highest BCUT2D eigenvalue weighted by Crippen LogP contribution is 2.28. The summed E-state index contributed by atoms with van der Waals surface area (Å²) in [6, 6.07) is 8.30. The molecular weight excluding hydrogens is 350 g/mol. The van der Waals surface area contributed by atoms with Crippen LogP contribution in [0.4, 0.5) is 0 Å². The Kier molecular flexibility index (Phi) is 6.97. The van der Waals surface area contributed by atoms with Crippen molar-refractivity contribution >= 4 is 22.4 Å². The van der Waals surface area contributed by atoms with E-state index in [1.54, 1.807) is 30.3 Å². The average Bonchev–Trinajstić information content (AvgIpc) is 3.00. The molecule has 6 nitrogen and oxygen atoms in total. The Morgan fingerprint density at radius 2 is 1.96 bits per heavy atom. The summed E-state index contributed by atoms with van der Waals surface area (Å²) in [6.07, 6.45) is 2.13. The fourth-order valence-corrected chi connectivity index (χ4v) is 4.35. The molecule has 0 spiro atoms. The molecule has 0 saturated heterocycles. The summed E-state index contributed by atoms with van der Waals surface area (Å²) in [6.45, 7) is 6.10. The number of aromatic nitrogens is 1. The first-order valence-corrected chi connectivity index (χ1v) is 9.00. The number of rotatable bonds is 7. The van der Waals surface area contributed by atoms with Crippen molar-refractivity contribution < 1.29 is 12.9 Å². The number of hydrogen-bond acceptors (Lipinski definition) is 5. The third-order valence-corrected chi connectivity index (χ3v) is 5.27. The molecule has 1 atom stereocenters. The zero-order valence-electron chi connectivity index (χ0n) is 14.0. The summed E-state index contributed by atoms with van der Waals surface area (Å²) in [5, 5.41) is 3.64. The first-order chi connectivity index (χ1) is 10.8. The highest BCUT2D eigenvalue weighted by atomic mass is 35.5. The lowest BCUT2D eigenvalue weighted by atomic mass is 9.92. The van der Waals surface area contributed by atoms with Gasteiger partial charge in [0.1, 0.15) is 0 Å². The number of nitrogens with one attached hydrogen (secondary N) is 1. The van der Waals surface area contributed by atoms with E-state index in [1.165, 1.54) is 6.20 Å². The minimum Gasteiger partial charge on any atom is -0.356 e. The van der Waals surface area contributed by atoms with Crippen LogP contribution in [0.2, 0.25) is 0 Å². The molecule has 134 valence electrons. The highest BCUT2D eigenvalue weighted by molar-refractivity contribution is 7.89. The van der Waals surface area contributed by atoms with E-state index in [4.69, 9.17) is 10.3 Å². The Balaban J connectivity index is 0.00000288. The largest absolute Gasteiger partial charge is 0.356 e. The Morgan fingerprint density at radius 1 is 1.29 bits per heavy atom. The van der Waals surface area contributed by atoms with Gasteiger partial charge < -0.3 is 10.3 Å². The van der Waals surface area contributed by atoms with Gasteiger partial charge in [-0.3, -0.25) is 0 Å². The Morgan fingerprint density at radius 3 is 2.50 bits per heavy atom. The second-order valence-electron chi connectivity index (χ2n) is 6.34. The first kappa shape index (κ1) is 20.6. The SMILES string of the molecule is CC(C)CC(C)(CN)NS(=O)(=O)c1ccccc1-c1ccno1.Cl. The third kappa shape index (κ3) is 4.80. The van der Waals surface area contributed by atoms with Gasteiger partial charge in [-0.25, -0.2) is 13.1 Å². The number of nitrogens with zero attached hydrogens (tertiary/aromatic N) is 1. The van der Waals surface area contributed by atoms with Crippen LogP contribution in [0.1, 0.15) is 27.2 Å². The summed E-state index contributed by atoms with van der Waals surface area (Å²) >= 11 is 0. The number of nitrogens with two attached hydrogens (primary N) is 1. The van der Waals surface area contributed by atoms with Crippen molar-refractivity contribution in [1.82, 2.24) is 9.88 Å². The van der Waals surface area contributed by atoms with Gasteiger partial charge in [-0.1, -0.05) is 31.1 Å². The van der Waals surface area contributed by atoms with Gasteiger partial charge in [0.15, 0.2) is 5.76 Å². The standard InChI is InChI=1S/C16H23N3O3S.ClH/c1-12(2)10-16(3,11-17)19-23(20,21)15-7-5-4-6-13(15)14-8-9-18-22-14;/h4-9,12,19H,10-11,17H2,1-3H3;1H. The fourth-order valence-electron chi connectivity index (χ4n) is 2.71. The Labute approximate surface area is 149 Å². The van der Waals surface area contributed by atoms with Gasteiger partial charge in [0, 0.05) is 23.7 Å². The molecule has 0 amide bonds. The molecule has 0 fully saturated rings. The maximum atomic E-state index is 12.9. The molecule has 0 aliphatic rings. The zero-order chi connectivity index (χ0) is 17.1. The number of halogens is 1. The van der Waals surface area contributed by atoms with E-state index in [-0.39, 0.29) is 23.8 Å². The van der Waals surface area contributed by atoms with Crippen LogP contribution >= 0.6 is 12.4 Å². The minimum absolute atomic E-state index is 0. The maximum Gasteiger partial charge on any atom is 0.241 e. The summed E-state index contributed by atoms with van der Waals surface area (Å²) < 4.78 is 33.6. The molecule has 2 rings (SSSR count). The van der Waals surface area contributed by atoms with E-state index < -0.39 is 15.6 Å². The van der Waals surface area contributed by atoms with Crippen LogP contribution in [-0.4, -0.2) is 25.7 Å². The quantitative estimate of drug-likeness (QED) is 0.777. The molecule has 8 heteroatoms. The van der Waals surface area contributed by atoms with Crippen LogP contribution in [0.3, 0.4) is 0 Å². The van der Waals surface area contributed by atoms with Gasteiger partial charge in [-0.2, -0.15) is 0 Å². The molecule has 0 aliphatic carbocycles. The molecule has 2 aromatic rings. The number of hydrogen-bond donors (Lipinski definition) is 2. The summed E-state index contributed by atoms with van der Waals surface area (Å²) in [5.41, 5.74) is 5.58. The lowest BCUT2D eigenvalue weighted by molar-refractivity contribution is 0.344. The smallest absolute Gasteiger partial charge is 0.241 e. The second-order valence-corrected chi connectivity index (χ2v) is 7.99. The molecule has 1 unspecified atom stereocenters. The molecule has 1 aromatic carbocycles. The van der Waals surface area contributed by atoms with Crippen molar-refractivity contribution in [2.24, 2.45) is 11.7 Å². The van der Waals surface area contributed by atoms with Gasteiger partial charge in [-0.05, 0) is 31.4 Å². The van der Waals surface area contributed by atoms with Gasteiger partial charge in [0.2, 0.25) is 10.0 Å². The molecule has 0 aliphatic heterocycles. The molecule has 0 radical (unpaired) electrons. The van der Waals surface area contributed by atoms with E-state index >= 15 is 0 Å². The number of sulfonamides is 1. The molecule has 24 heavy (non-hydrogen) atoms. The van der Waals surface area contributed by atoms with E-state index in [2.05, 4.69) is 9.88 Å². The van der Waals surface area contributed by atoms with Crippen LogP contribution in [0.5, 0.6) is 0 Å². The molecule has 3 N–H and O–H groups in total. The van der Waals surface area contributed by atoms with Crippen LogP contribution in [-0.2, 0) is 10.0 Å². The molecule has 1 aromatic heterocycles. The lowest BCUT2D eigenvalue weighted by Crippen LogP contribution is -2.52. The second kappa shape index (κ2) is 8.11. The Hall–Kier alpha value is -1.41. The lowest BCUT2D eigenvalue weighted by Gasteiger charge is -2.31. The predicted molar refractivity (Wildman–Crippen MR) is 96.4 cm³/mol. The number of benzene rings is 1. The molecule has 0 saturated carbocycles. The van der Waals surface area contributed by atoms with Crippen LogP contribution in [0, 0.1) is 5.92 Å². The predicted octanol–water partition coefficient (Wildman–Crippen LogP) is 2.81. The maximum absolute atomic E-state index is 12.9. The van der Waals surface area contributed by atoms with Crippen molar-refractivity contribution in [3.63, 3.8) is 0 Å². The van der Waals surface area contributed by atoms with Crippen LogP contribution < -0.4 is 10.5 Å². The summed E-state index contributed by atoms with van der Waals surface area (Å²) in [4.78, 5) is 0.153. The van der Waals surface area contributed by atoms with E-state index in [0.29, 0.717) is 23.7 Å². The van der Waals surface area contributed by atoms with Crippen LogP contribution in [0.15, 0.2) is 45.9 Å². The summed E-state index contributed by atoms with van der Waals surface area (Å²) in [7, 11) is -3.75. The normalized spacial score (nSPS) is 14.2. The molecule has 0 bridgehead atoms. The van der Waals surface area contributed by atoms with Crippen molar-refractivity contribution in [1.29, 1.82) is 0 Å². The van der Waals surface area contributed by atoms with Gasteiger partial charge >= 0.3 is 0 Å². The topological polar surface area (TPSA) is 98.2 Å². The third-order valence-electron chi connectivity index (χ3n) is 3.57. The van der Waals surface area contributed by atoms with Gasteiger partial charge in [0.05, 0.1) is 11.1 Å². The van der Waals surface area contributed by atoms with E-state index in [9.17, 15) is 8.42 Å². The van der Waals surface area contributed by atoms with Crippen molar-refractivity contribution in [3.8, 4) is 11.3 Å². The van der Waals surface area contributed by atoms with Crippen LogP contribution in [0.25, 0.3) is 11.3 Å².